The third kappa shape index (κ3) is 3.26. The molecule has 0 radical (unpaired) electrons. The average Bonchev–Trinajstić information content (AvgIpc) is 2.78. The van der Waals surface area contributed by atoms with Crippen LogP contribution in [-0.2, 0) is 6.42 Å². The molecular weight excluding hydrogens is 216 g/mol. The lowest BCUT2D eigenvalue weighted by Gasteiger charge is -2.31. The fourth-order valence-electron chi connectivity index (χ4n) is 2.40. The van der Waals surface area contributed by atoms with Gasteiger partial charge in [0.15, 0.2) is 5.82 Å². The van der Waals surface area contributed by atoms with Crippen LogP contribution in [0, 0.1) is 5.92 Å². The predicted molar refractivity (Wildman–Crippen MR) is 65.4 cm³/mol. The maximum absolute atomic E-state index is 5.70. The van der Waals surface area contributed by atoms with Crippen LogP contribution in [0.2, 0.25) is 0 Å². The van der Waals surface area contributed by atoms with Crippen molar-refractivity contribution in [3.63, 3.8) is 0 Å². The molecule has 5 nitrogen and oxygen atoms in total. The lowest BCUT2D eigenvalue weighted by atomic mass is 9.94. The first-order valence-corrected chi connectivity index (χ1v) is 6.49. The van der Waals surface area contributed by atoms with Crippen molar-refractivity contribution in [3.05, 3.63) is 11.7 Å². The Morgan fingerprint density at radius 3 is 3.06 bits per heavy atom. The first-order chi connectivity index (χ1) is 8.19. The number of hydrogen-bond acceptors (Lipinski definition) is 5. The monoisotopic (exact) mass is 238 g/mol. The van der Waals surface area contributed by atoms with E-state index in [4.69, 9.17) is 10.3 Å². The van der Waals surface area contributed by atoms with Crippen LogP contribution in [0.3, 0.4) is 0 Å². The van der Waals surface area contributed by atoms with Gasteiger partial charge in [0.05, 0.1) is 6.04 Å². The average molecular weight is 238 g/mol. The molecule has 2 atom stereocenters. The molecule has 0 bridgehead atoms. The van der Waals surface area contributed by atoms with Crippen molar-refractivity contribution in [2.24, 2.45) is 11.7 Å². The standard InChI is InChI=1S/C12H22N4O/c1-3-16-6-4-5-10(8-16)7-11-14-12(9(2)13)17-15-11/h9-10H,3-8,13H2,1-2H3. The molecule has 5 heteroatoms. The number of rotatable bonds is 4. The third-order valence-electron chi connectivity index (χ3n) is 3.39. The molecule has 1 saturated heterocycles. The molecule has 1 aromatic rings. The van der Waals surface area contributed by atoms with Crippen molar-refractivity contribution in [2.45, 2.75) is 39.2 Å². The van der Waals surface area contributed by atoms with E-state index in [0.717, 1.165) is 25.3 Å². The SMILES string of the molecule is CCN1CCCC(Cc2noc(C(C)N)n2)C1. The van der Waals surface area contributed by atoms with Crippen LogP contribution in [0.1, 0.15) is 44.4 Å². The summed E-state index contributed by atoms with van der Waals surface area (Å²) in [6.45, 7) is 7.58. The van der Waals surface area contributed by atoms with Gasteiger partial charge >= 0.3 is 0 Å². The Morgan fingerprint density at radius 1 is 1.59 bits per heavy atom. The van der Waals surface area contributed by atoms with Gasteiger partial charge in [0.1, 0.15) is 0 Å². The van der Waals surface area contributed by atoms with Crippen LogP contribution in [0.15, 0.2) is 4.52 Å². The van der Waals surface area contributed by atoms with E-state index in [2.05, 4.69) is 22.0 Å². The maximum Gasteiger partial charge on any atom is 0.243 e. The van der Waals surface area contributed by atoms with Gasteiger partial charge in [-0.05, 0) is 38.8 Å². The first kappa shape index (κ1) is 12.5. The number of hydrogen-bond donors (Lipinski definition) is 1. The van der Waals surface area contributed by atoms with Crippen molar-refractivity contribution in [3.8, 4) is 0 Å². The zero-order valence-electron chi connectivity index (χ0n) is 10.7. The fourth-order valence-corrected chi connectivity index (χ4v) is 2.40. The van der Waals surface area contributed by atoms with Gasteiger partial charge in [-0.3, -0.25) is 0 Å². The van der Waals surface area contributed by atoms with Crippen molar-refractivity contribution in [1.82, 2.24) is 15.0 Å². The molecule has 2 N–H and O–H groups in total. The number of nitrogens with zero attached hydrogens (tertiary/aromatic N) is 3. The van der Waals surface area contributed by atoms with Gasteiger partial charge in [0.2, 0.25) is 5.89 Å². The summed E-state index contributed by atoms with van der Waals surface area (Å²) in [6, 6.07) is -0.172. The van der Waals surface area contributed by atoms with E-state index < -0.39 is 0 Å². The predicted octanol–water partition coefficient (Wildman–Crippen LogP) is 1.36. The quantitative estimate of drug-likeness (QED) is 0.858. The highest BCUT2D eigenvalue weighted by Gasteiger charge is 2.21. The number of likely N-dealkylation sites (tertiary alicyclic amines) is 1. The largest absolute Gasteiger partial charge is 0.338 e. The highest BCUT2D eigenvalue weighted by Crippen LogP contribution is 2.20. The Labute approximate surface area is 102 Å². The normalized spacial score (nSPS) is 23.8. The van der Waals surface area contributed by atoms with Crippen molar-refractivity contribution < 1.29 is 4.52 Å². The molecular formula is C12H22N4O. The maximum atomic E-state index is 5.70. The van der Waals surface area contributed by atoms with Gasteiger partial charge < -0.3 is 15.2 Å². The Balaban J connectivity index is 1.91. The molecule has 2 unspecified atom stereocenters. The molecule has 1 aliphatic rings. The first-order valence-electron chi connectivity index (χ1n) is 6.49. The lowest BCUT2D eigenvalue weighted by Crippen LogP contribution is -2.36. The van der Waals surface area contributed by atoms with Crippen LogP contribution in [0.5, 0.6) is 0 Å². The highest BCUT2D eigenvalue weighted by atomic mass is 16.5. The minimum absolute atomic E-state index is 0.172. The molecule has 1 fully saturated rings. The Hall–Kier alpha value is -0.940. The van der Waals surface area contributed by atoms with Gasteiger partial charge in [0.25, 0.3) is 0 Å². The van der Waals surface area contributed by atoms with E-state index in [9.17, 15) is 0 Å². The smallest absolute Gasteiger partial charge is 0.243 e. The van der Waals surface area contributed by atoms with E-state index in [-0.39, 0.29) is 6.04 Å². The third-order valence-corrected chi connectivity index (χ3v) is 3.39. The molecule has 1 aromatic heterocycles. The molecule has 96 valence electrons. The summed E-state index contributed by atoms with van der Waals surface area (Å²) in [5.74, 6) is 2.01. The minimum Gasteiger partial charge on any atom is -0.338 e. The summed E-state index contributed by atoms with van der Waals surface area (Å²) in [7, 11) is 0. The van der Waals surface area contributed by atoms with Gasteiger partial charge in [-0.2, -0.15) is 4.98 Å². The summed E-state index contributed by atoms with van der Waals surface area (Å²) in [5.41, 5.74) is 5.70. The van der Waals surface area contributed by atoms with E-state index in [1.54, 1.807) is 0 Å². The fraction of sp³-hybridized carbons (Fsp3) is 0.833. The molecule has 2 heterocycles. The second kappa shape index (κ2) is 5.60. The lowest BCUT2D eigenvalue weighted by molar-refractivity contribution is 0.180. The summed E-state index contributed by atoms with van der Waals surface area (Å²) >= 11 is 0. The van der Waals surface area contributed by atoms with Crippen LogP contribution in [-0.4, -0.2) is 34.7 Å². The van der Waals surface area contributed by atoms with Crippen LogP contribution in [0.25, 0.3) is 0 Å². The second-order valence-corrected chi connectivity index (χ2v) is 4.94. The van der Waals surface area contributed by atoms with Crippen molar-refractivity contribution in [1.29, 1.82) is 0 Å². The van der Waals surface area contributed by atoms with E-state index >= 15 is 0 Å². The van der Waals surface area contributed by atoms with Gasteiger partial charge in [-0.15, -0.1) is 0 Å². The summed E-state index contributed by atoms with van der Waals surface area (Å²) < 4.78 is 5.12. The van der Waals surface area contributed by atoms with Crippen LogP contribution < -0.4 is 5.73 Å². The molecule has 0 saturated carbocycles. The molecule has 0 spiro atoms. The second-order valence-electron chi connectivity index (χ2n) is 4.94. The molecule has 2 rings (SSSR count). The number of nitrogens with two attached hydrogens (primary N) is 1. The van der Waals surface area contributed by atoms with E-state index in [0.29, 0.717) is 11.8 Å². The summed E-state index contributed by atoms with van der Waals surface area (Å²) in [5, 5.41) is 4.00. The summed E-state index contributed by atoms with van der Waals surface area (Å²) in [6.07, 6.45) is 3.45. The zero-order valence-corrected chi connectivity index (χ0v) is 10.7. The number of aromatic nitrogens is 2. The van der Waals surface area contributed by atoms with E-state index in [1.807, 2.05) is 6.92 Å². The molecule has 17 heavy (non-hydrogen) atoms. The summed E-state index contributed by atoms with van der Waals surface area (Å²) in [4.78, 5) is 6.82. The van der Waals surface area contributed by atoms with Gasteiger partial charge in [-0.25, -0.2) is 0 Å². The minimum atomic E-state index is -0.172. The molecule has 0 aromatic carbocycles. The molecule has 1 aliphatic heterocycles. The Morgan fingerprint density at radius 2 is 2.41 bits per heavy atom. The molecule has 0 amide bonds. The Bertz CT molecular complexity index is 350. The van der Waals surface area contributed by atoms with E-state index in [1.165, 1.54) is 19.4 Å². The number of piperidine rings is 1. The Kier molecular flexibility index (Phi) is 4.12. The topological polar surface area (TPSA) is 68.2 Å². The van der Waals surface area contributed by atoms with Crippen molar-refractivity contribution in [2.75, 3.05) is 19.6 Å². The molecule has 0 aliphatic carbocycles. The van der Waals surface area contributed by atoms with Gasteiger partial charge in [0, 0.05) is 13.0 Å². The van der Waals surface area contributed by atoms with Crippen LogP contribution >= 0.6 is 0 Å². The van der Waals surface area contributed by atoms with Gasteiger partial charge in [-0.1, -0.05) is 12.1 Å². The van der Waals surface area contributed by atoms with Crippen LogP contribution in [0.4, 0.5) is 0 Å². The van der Waals surface area contributed by atoms with Crippen molar-refractivity contribution >= 4 is 0 Å². The highest BCUT2D eigenvalue weighted by molar-refractivity contribution is 4.92. The zero-order chi connectivity index (χ0) is 12.3.